The first kappa shape index (κ1) is 13.3. The van der Waals surface area contributed by atoms with Crippen molar-refractivity contribution in [2.75, 3.05) is 13.7 Å². The maximum absolute atomic E-state index is 5.65. The summed E-state index contributed by atoms with van der Waals surface area (Å²) in [5, 5.41) is 0. The predicted molar refractivity (Wildman–Crippen MR) is 71.4 cm³/mol. The quantitative estimate of drug-likeness (QED) is 0.768. The third-order valence-corrected chi connectivity index (χ3v) is 2.14. The average Bonchev–Trinajstić information content (AvgIpc) is 2.34. The number of ether oxygens (including phenoxy) is 2. The minimum absolute atomic E-state index is 0.0395. The summed E-state index contributed by atoms with van der Waals surface area (Å²) in [5.41, 5.74) is 6.69. The first-order chi connectivity index (χ1) is 8.17. The number of hydrogen-bond acceptors (Lipinski definition) is 3. The molecular formula is C14H19NO2. The van der Waals surface area contributed by atoms with E-state index in [2.05, 4.69) is 6.58 Å². The zero-order valence-electron chi connectivity index (χ0n) is 10.3. The Kier molecular flexibility index (Phi) is 5.30. The van der Waals surface area contributed by atoms with Gasteiger partial charge in [0, 0.05) is 6.04 Å². The Bertz CT molecular complexity index is 397. The number of methoxy groups -OCH3 is 1. The van der Waals surface area contributed by atoms with Crippen molar-refractivity contribution < 1.29 is 9.47 Å². The summed E-state index contributed by atoms with van der Waals surface area (Å²) >= 11 is 0. The van der Waals surface area contributed by atoms with Gasteiger partial charge in [-0.05, 0) is 24.6 Å². The third-order valence-electron chi connectivity index (χ3n) is 2.14. The first-order valence-electron chi connectivity index (χ1n) is 5.53. The number of benzene rings is 1. The minimum Gasteiger partial charge on any atom is -0.493 e. The molecule has 2 N–H and O–H groups in total. The molecule has 3 nitrogen and oxygen atoms in total. The van der Waals surface area contributed by atoms with Crippen LogP contribution in [0.25, 0.3) is 6.08 Å². The second-order valence-electron chi connectivity index (χ2n) is 3.73. The highest BCUT2D eigenvalue weighted by atomic mass is 16.5. The molecule has 0 aliphatic heterocycles. The Morgan fingerprint density at radius 2 is 2.18 bits per heavy atom. The SMILES string of the molecule is C=CCOc1ccc(/C=C/C(C)N)cc1OC. The lowest BCUT2D eigenvalue weighted by Crippen LogP contribution is -2.09. The molecule has 0 aromatic heterocycles. The van der Waals surface area contributed by atoms with Crippen LogP contribution in [0.2, 0.25) is 0 Å². The molecule has 0 saturated carbocycles. The smallest absolute Gasteiger partial charge is 0.161 e. The van der Waals surface area contributed by atoms with Crippen molar-refractivity contribution in [1.82, 2.24) is 0 Å². The summed E-state index contributed by atoms with van der Waals surface area (Å²) in [4.78, 5) is 0. The molecule has 0 radical (unpaired) electrons. The van der Waals surface area contributed by atoms with E-state index in [-0.39, 0.29) is 6.04 Å². The largest absolute Gasteiger partial charge is 0.493 e. The van der Waals surface area contributed by atoms with Crippen LogP contribution in [-0.4, -0.2) is 19.8 Å². The van der Waals surface area contributed by atoms with Gasteiger partial charge < -0.3 is 15.2 Å². The molecule has 0 bridgehead atoms. The fourth-order valence-electron chi connectivity index (χ4n) is 1.32. The zero-order chi connectivity index (χ0) is 12.7. The lowest BCUT2D eigenvalue weighted by Gasteiger charge is -2.09. The minimum atomic E-state index is 0.0395. The van der Waals surface area contributed by atoms with Crippen LogP contribution >= 0.6 is 0 Å². The van der Waals surface area contributed by atoms with Crippen molar-refractivity contribution in [3.05, 3.63) is 42.5 Å². The van der Waals surface area contributed by atoms with Gasteiger partial charge in [0.25, 0.3) is 0 Å². The van der Waals surface area contributed by atoms with E-state index >= 15 is 0 Å². The van der Waals surface area contributed by atoms with Crippen LogP contribution in [0.1, 0.15) is 12.5 Å². The van der Waals surface area contributed by atoms with E-state index in [9.17, 15) is 0 Å². The molecule has 0 spiro atoms. The van der Waals surface area contributed by atoms with Crippen LogP contribution in [0.3, 0.4) is 0 Å². The second-order valence-corrected chi connectivity index (χ2v) is 3.73. The van der Waals surface area contributed by atoms with Gasteiger partial charge in [0.15, 0.2) is 11.5 Å². The highest BCUT2D eigenvalue weighted by molar-refractivity contribution is 5.56. The van der Waals surface area contributed by atoms with Gasteiger partial charge in [-0.15, -0.1) is 0 Å². The summed E-state index contributed by atoms with van der Waals surface area (Å²) in [5.74, 6) is 1.42. The Morgan fingerprint density at radius 1 is 1.41 bits per heavy atom. The summed E-state index contributed by atoms with van der Waals surface area (Å²) in [6.45, 7) is 6.00. The molecule has 3 heteroatoms. The van der Waals surface area contributed by atoms with Crippen molar-refractivity contribution in [3.63, 3.8) is 0 Å². The number of nitrogens with two attached hydrogens (primary N) is 1. The van der Waals surface area contributed by atoms with Crippen molar-refractivity contribution in [3.8, 4) is 11.5 Å². The van der Waals surface area contributed by atoms with E-state index in [0.29, 0.717) is 18.1 Å². The topological polar surface area (TPSA) is 44.5 Å². The molecule has 0 aliphatic rings. The first-order valence-corrected chi connectivity index (χ1v) is 5.53. The van der Waals surface area contributed by atoms with Gasteiger partial charge in [-0.25, -0.2) is 0 Å². The fraction of sp³-hybridized carbons (Fsp3) is 0.286. The van der Waals surface area contributed by atoms with Crippen LogP contribution in [0.15, 0.2) is 36.9 Å². The molecule has 0 heterocycles. The predicted octanol–water partition coefficient (Wildman–Crippen LogP) is 2.62. The summed E-state index contributed by atoms with van der Waals surface area (Å²) in [6, 6.07) is 5.79. The summed E-state index contributed by atoms with van der Waals surface area (Å²) in [7, 11) is 1.62. The molecule has 0 saturated heterocycles. The maximum Gasteiger partial charge on any atom is 0.161 e. The maximum atomic E-state index is 5.65. The van der Waals surface area contributed by atoms with Gasteiger partial charge >= 0.3 is 0 Å². The standard InChI is InChI=1S/C14H19NO2/c1-4-9-17-13-8-7-12(6-5-11(2)15)10-14(13)16-3/h4-8,10-11H,1,9,15H2,2-3H3/b6-5+. The molecule has 1 atom stereocenters. The Morgan fingerprint density at radius 3 is 2.76 bits per heavy atom. The molecule has 0 aliphatic carbocycles. The molecule has 1 aromatic rings. The van der Waals surface area contributed by atoms with E-state index in [1.54, 1.807) is 13.2 Å². The Labute approximate surface area is 103 Å². The fourth-order valence-corrected chi connectivity index (χ4v) is 1.32. The average molecular weight is 233 g/mol. The van der Waals surface area contributed by atoms with Gasteiger partial charge in [0.2, 0.25) is 0 Å². The van der Waals surface area contributed by atoms with Gasteiger partial charge in [-0.3, -0.25) is 0 Å². The van der Waals surface area contributed by atoms with Crippen molar-refractivity contribution >= 4 is 6.08 Å². The van der Waals surface area contributed by atoms with E-state index in [1.165, 1.54) is 0 Å². The van der Waals surface area contributed by atoms with Gasteiger partial charge in [0.1, 0.15) is 6.61 Å². The van der Waals surface area contributed by atoms with Crippen LogP contribution in [0, 0.1) is 0 Å². The summed E-state index contributed by atoms with van der Waals surface area (Å²) in [6.07, 6.45) is 5.59. The van der Waals surface area contributed by atoms with Crippen molar-refractivity contribution in [2.45, 2.75) is 13.0 Å². The molecule has 92 valence electrons. The van der Waals surface area contributed by atoms with E-state index in [1.807, 2.05) is 37.3 Å². The van der Waals surface area contributed by atoms with Gasteiger partial charge in [-0.1, -0.05) is 30.9 Å². The normalized spacial score (nSPS) is 12.4. The lowest BCUT2D eigenvalue weighted by atomic mass is 10.1. The molecule has 0 amide bonds. The monoisotopic (exact) mass is 233 g/mol. The third kappa shape index (κ3) is 4.33. The summed E-state index contributed by atoms with van der Waals surface area (Å²) < 4.78 is 10.7. The molecule has 1 rings (SSSR count). The molecule has 1 unspecified atom stereocenters. The van der Waals surface area contributed by atoms with Crippen molar-refractivity contribution in [1.29, 1.82) is 0 Å². The lowest BCUT2D eigenvalue weighted by molar-refractivity contribution is 0.326. The van der Waals surface area contributed by atoms with Crippen LogP contribution in [-0.2, 0) is 0 Å². The number of rotatable bonds is 6. The highest BCUT2D eigenvalue weighted by Gasteiger charge is 2.03. The molecule has 17 heavy (non-hydrogen) atoms. The second kappa shape index (κ2) is 6.76. The van der Waals surface area contributed by atoms with Crippen LogP contribution in [0.5, 0.6) is 11.5 Å². The van der Waals surface area contributed by atoms with E-state index < -0.39 is 0 Å². The van der Waals surface area contributed by atoms with Gasteiger partial charge in [0.05, 0.1) is 7.11 Å². The molecular weight excluding hydrogens is 214 g/mol. The zero-order valence-corrected chi connectivity index (χ0v) is 10.3. The highest BCUT2D eigenvalue weighted by Crippen LogP contribution is 2.28. The van der Waals surface area contributed by atoms with E-state index in [0.717, 1.165) is 5.56 Å². The van der Waals surface area contributed by atoms with Gasteiger partial charge in [-0.2, -0.15) is 0 Å². The van der Waals surface area contributed by atoms with Crippen LogP contribution < -0.4 is 15.2 Å². The van der Waals surface area contributed by atoms with Crippen molar-refractivity contribution in [2.24, 2.45) is 5.73 Å². The molecule has 0 fully saturated rings. The van der Waals surface area contributed by atoms with E-state index in [4.69, 9.17) is 15.2 Å². The Balaban J connectivity index is 2.87. The molecule has 1 aromatic carbocycles. The Hall–Kier alpha value is -1.74. The number of hydrogen-bond donors (Lipinski definition) is 1. The van der Waals surface area contributed by atoms with Crippen LogP contribution in [0.4, 0.5) is 0 Å².